The molecule has 406 valence electrons. The lowest BCUT2D eigenvalue weighted by Crippen LogP contribution is -2.60. The third-order valence-electron chi connectivity index (χ3n) is 18.0. The molecular formula is C74H57B3N4O2S2. The summed E-state index contributed by atoms with van der Waals surface area (Å²) in [6, 6.07) is 87.2. The summed E-state index contributed by atoms with van der Waals surface area (Å²) in [4.78, 5) is 12.5. The zero-order valence-corrected chi connectivity index (χ0v) is 49.8. The predicted molar refractivity (Wildman–Crippen MR) is 361 cm³/mol. The summed E-state index contributed by atoms with van der Waals surface area (Å²) in [5.74, 6) is 1.77. The van der Waals surface area contributed by atoms with Crippen LogP contribution in [0.25, 0.3) is 44.5 Å². The van der Waals surface area contributed by atoms with Crippen LogP contribution in [0.4, 0.5) is 56.9 Å². The van der Waals surface area contributed by atoms with Crippen molar-refractivity contribution in [3.63, 3.8) is 0 Å². The first kappa shape index (κ1) is 50.6. The highest BCUT2D eigenvalue weighted by Crippen LogP contribution is 2.64. The van der Waals surface area contributed by atoms with Crippen LogP contribution in [0.2, 0.25) is 0 Å². The van der Waals surface area contributed by atoms with Gasteiger partial charge >= 0.3 is 19.4 Å². The molecule has 85 heavy (non-hydrogen) atoms. The van der Waals surface area contributed by atoms with Crippen LogP contribution in [0.1, 0.15) is 52.7 Å². The molecule has 6 aliphatic heterocycles. The van der Waals surface area contributed by atoms with E-state index >= 15 is 0 Å². The highest BCUT2D eigenvalue weighted by molar-refractivity contribution is 8.56. The quantitative estimate of drug-likeness (QED) is 0.139. The number of anilines is 10. The van der Waals surface area contributed by atoms with E-state index in [0.29, 0.717) is 0 Å². The molecule has 0 aromatic heterocycles. The maximum Gasteiger partial charge on any atom is 0.525 e. The van der Waals surface area contributed by atoms with Gasteiger partial charge in [0.2, 0.25) is 0 Å². The van der Waals surface area contributed by atoms with Crippen LogP contribution in [0.5, 0.6) is 11.5 Å². The Morgan fingerprint density at radius 1 is 0.353 bits per heavy atom. The van der Waals surface area contributed by atoms with Crippen molar-refractivity contribution in [2.45, 2.75) is 62.2 Å². The lowest BCUT2D eigenvalue weighted by Gasteiger charge is -2.50. The second kappa shape index (κ2) is 18.8. The van der Waals surface area contributed by atoms with E-state index in [1.165, 1.54) is 70.7 Å². The Hall–Kier alpha value is -8.89. The van der Waals surface area contributed by atoms with Crippen molar-refractivity contribution >= 4 is 116 Å². The van der Waals surface area contributed by atoms with Gasteiger partial charge in [0.05, 0.1) is 11.4 Å². The number of para-hydroxylation sites is 6. The molecule has 0 saturated heterocycles. The molecule has 6 aliphatic rings. The van der Waals surface area contributed by atoms with Crippen molar-refractivity contribution in [1.82, 2.24) is 0 Å². The predicted octanol–water partition coefficient (Wildman–Crippen LogP) is 18.3. The van der Waals surface area contributed by atoms with Crippen LogP contribution in [0.15, 0.2) is 246 Å². The lowest BCUT2D eigenvalue weighted by molar-refractivity contribution is 0.558. The highest BCUT2D eigenvalue weighted by Gasteiger charge is 2.56. The molecule has 0 atom stereocenters. The normalized spacial score (nSPS) is 14.2. The molecule has 6 nitrogen and oxygen atoms in total. The highest BCUT2D eigenvalue weighted by atomic mass is 32.2. The smallest absolute Gasteiger partial charge is 0.525 e. The molecule has 0 unspecified atom stereocenters. The Morgan fingerprint density at radius 3 is 1.04 bits per heavy atom. The van der Waals surface area contributed by atoms with E-state index in [2.05, 4.69) is 298 Å². The van der Waals surface area contributed by atoms with Gasteiger partial charge < -0.3 is 28.7 Å². The molecule has 0 fully saturated rings. The van der Waals surface area contributed by atoms with Gasteiger partial charge in [-0.25, -0.2) is 0 Å². The van der Waals surface area contributed by atoms with Gasteiger partial charge in [-0.05, 0) is 153 Å². The topological polar surface area (TPSA) is 31.4 Å². The van der Waals surface area contributed by atoms with E-state index in [0.717, 1.165) is 79.5 Å². The van der Waals surface area contributed by atoms with E-state index in [9.17, 15) is 0 Å². The standard InChI is InChI=1S/C74H57B3N4O2S2/c1-73(2,3)46-37-39-54-56-43-60(78(48-25-13-7-14-26-48)49-27-15-8-16-28-49)71-66-64-58(80(52-33-21-11-22-34-52)75(68(56)66)82-62(54)41-46)45-59-65-67-69-57(55-40-38-47(74(4,5)6)42-63(55)83-76(69)81(59)53-35-23-12-24-36-53)44-61(72(67)85-77(84-71)70(64)65)79(50-29-17-9-18-30-50)51-31-19-10-20-32-51/h7-45H,1-6H3. The first-order valence-electron chi connectivity index (χ1n) is 29.6. The summed E-state index contributed by atoms with van der Waals surface area (Å²) in [5, 5.41) is -0.0975. The van der Waals surface area contributed by atoms with E-state index in [1.54, 1.807) is 0 Å². The van der Waals surface area contributed by atoms with Crippen molar-refractivity contribution in [2.24, 2.45) is 0 Å². The molecule has 0 spiro atoms. The Labute approximate surface area is 507 Å². The first-order chi connectivity index (χ1) is 41.5. The fraction of sp³-hybridized carbons (Fsp3) is 0.108. The Morgan fingerprint density at radius 2 is 0.694 bits per heavy atom. The minimum absolute atomic E-state index is 0.0975. The summed E-state index contributed by atoms with van der Waals surface area (Å²) in [6.45, 7) is 13.7. The number of rotatable bonds is 8. The van der Waals surface area contributed by atoms with E-state index in [1.807, 2.05) is 23.2 Å². The van der Waals surface area contributed by atoms with Gasteiger partial charge in [0.25, 0.3) is 0 Å². The second-order valence-corrected chi connectivity index (χ2v) is 27.6. The summed E-state index contributed by atoms with van der Waals surface area (Å²) < 4.78 is 15.5. The van der Waals surface area contributed by atoms with Gasteiger partial charge in [0.1, 0.15) is 11.5 Å². The number of hydrogen-bond acceptors (Lipinski definition) is 8. The van der Waals surface area contributed by atoms with Gasteiger partial charge in [-0.1, -0.05) is 175 Å². The van der Waals surface area contributed by atoms with Crippen LogP contribution >= 0.6 is 23.2 Å². The SMILES string of the molecule is CC(C)(C)c1ccc2c(c1)OB1c3c-2cc(N(c2ccccc2)c2ccccc2)c2c3-c3c(cc4c5c3B(S2)Sc2c(N(c3ccccc3)c3ccccc3)cc3c(c2-5)B(Oc2cc(C(C)(C)C)ccc2-3)N4c2ccccc2)N1c1ccccc1. The maximum absolute atomic E-state index is 7.76. The van der Waals surface area contributed by atoms with E-state index in [4.69, 9.17) is 9.31 Å². The molecule has 0 amide bonds. The lowest BCUT2D eigenvalue weighted by atomic mass is 9.55. The van der Waals surface area contributed by atoms with Crippen LogP contribution in [-0.2, 0) is 10.8 Å². The van der Waals surface area contributed by atoms with Crippen LogP contribution in [0, 0.1) is 0 Å². The fourth-order valence-corrected chi connectivity index (χ4v) is 17.1. The van der Waals surface area contributed by atoms with Gasteiger partial charge in [-0.3, -0.25) is 0 Å². The zero-order valence-electron chi connectivity index (χ0n) is 48.2. The summed E-state index contributed by atoms with van der Waals surface area (Å²) in [6.07, 6.45) is 0. The molecular weight excluding hydrogens is 1070 g/mol. The van der Waals surface area contributed by atoms with Crippen molar-refractivity contribution < 1.29 is 9.31 Å². The van der Waals surface area contributed by atoms with Crippen molar-refractivity contribution in [2.75, 3.05) is 19.4 Å². The van der Waals surface area contributed by atoms with E-state index < -0.39 is 14.1 Å². The molecule has 11 aromatic rings. The van der Waals surface area contributed by atoms with Crippen LogP contribution < -0.4 is 45.1 Å². The second-order valence-electron chi connectivity index (χ2n) is 25.1. The van der Waals surface area contributed by atoms with Crippen LogP contribution in [0.3, 0.4) is 0 Å². The largest absolute Gasteiger partial charge is 0.537 e. The van der Waals surface area contributed by atoms with E-state index in [-0.39, 0.29) is 16.1 Å². The number of fused-ring (bicyclic) bond motifs is 4. The first-order valence-corrected chi connectivity index (χ1v) is 31.3. The monoisotopic (exact) mass is 1130 g/mol. The number of nitrogens with zero attached hydrogens (tertiary/aromatic N) is 4. The Bertz CT molecular complexity index is 4180. The average molecular weight is 1130 g/mol. The van der Waals surface area contributed by atoms with Crippen LogP contribution in [-0.4, -0.2) is 19.4 Å². The minimum atomic E-state index is -0.510. The Kier molecular flexibility index (Phi) is 11.2. The molecule has 0 N–H and O–H groups in total. The third kappa shape index (κ3) is 7.65. The van der Waals surface area contributed by atoms with Crippen molar-refractivity contribution in [3.8, 4) is 56.0 Å². The van der Waals surface area contributed by atoms with Crippen molar-refractivity contribution in [3.05, 3.63) is 248 Å². The average Bonchev–Trinajstić information content (AvgIpc) is 0.679. The Balaban J connectivity index is 1.05. The molecule has 17 rings (SSSR count). The fourth-order valence-electron chi connectivity index (χ4n) is 14.0. The van der Waals surface area contributed by atoms with Gasteiger partial charge in [-0.2, -0.15) is 23.2 Å². The summed E-state index contributed by atoms with van der Waals surface area (Å²) in [5.41, 5.74) is 26.6. The molecule has 11 aromatic carbocycles. The molecule has 0 aliphatic carbocycles. The minimum Gasteiger partial charge on any atom is -0.537 e. The molecule has 0 bridgehead atoms. The molecule has 0 radical (unpaired) electrons. The van der Waals surface area contributed by atoms with Gasteiger partial charge in [-0.15, -0.1) is 0 Å². The third-order valence-corrected chi connectivity index (χ3v) is 20.7. The maximum atomic E-state index is 7.76. The van der Waals surface area contributed by atoms with Gasteiger partial charge in [0.15, 0.2) is 0 Å². The van der Waals surface area contributed by atoms with Gasteiger partial charge in [0, 0.05) is 88.5 Å². The number of hydrogen-bond donors (Lipinski definition) is 0. The van der Waals surface area contributed by atoms with Crippen molar-refractivity contribution in [1.29, 1.82) is 0 Å². The summed E-state index contributed by atoms with van der Waals surface area (Å²) >= 11 is 4.01. The molecule has 11 heteroatoms. The zero-order chi connectivity index (χ0) is 57.0. The summed E-state index contributed by atoms with van der Waals surface area (Å²) in [7, 11) is -1.02. The molecule has 6 heterocycles. The molecule has 0 saturated carbocycles. The number of benzene rings is 11.